The van der Waals surface area contributed by atoms with Gasteiger partial charge in [-0.3, -0.25) is 4.79 Å². The van der Waals surface area contributed by atoms with Crippen molar-refractivity contribution in [1.82, 2.24) is 4.90 Å². The highest BCUT2D eigenvalue weighted by atomic mass is 16.2. The fraction of sp³-hybridized carbons (Fsp3) is 0.952. The number of hydrogen-bond acceptors (Lipinski definition) is 1. The number of rotatable bonds is 13. The molecule has 0 aromatic heterocycles. The Morgan fingerprint density at radius 2 is 1.70 bits per heavy atom. The van der Waals surface area contributed by atoms with Gasteiger partial charge in [0.2, 0.25) is 5.91 Å². The lowest BCUT2D eigenvalue weighted by atomic mass is 9.85. The second-order valence-corrected chi connectivity index (χ2v) is 7.55. The molecule has 1 saturated heterocycles. The summed E-state index contributed by atoms with van der Waals surface area (Å²) in [6, 6.07) is 0. The molecule has 0 spiro atoms. The number of hydrogen-bond donors (Lipinski definition) is 0. The minimum absolute atomic E-state index is 0.326. The Morgan fingerprint density at radius 3 is 2.39 bits per heavy atom. The molecule has 1 rings (SSSR count). The third kappa shape index (κ3) is 8.22. The summed E-state index contributed by atoms with van der Waals surface area (Å²) in [5.74, 6) is 1.62. The molecule has 0 N–H and O–H groups in total. The van der Waals surface area contributed by atoms with Gasteiger partial charge in [-0.15, -0.1) is 0 Å². The van der Waals surface area contributed by atoms with Crippen LogP contribution in [0.3, 0.4) is 0 Å². The van der Waals surface area contributed by atoms with Crippen LogP contribution >= 0.6 is 0 Å². The van der Waals surface area contributed by atoms with Gasteiger partial charge in [-0.25, -0.2) is 0 Å². The molecule has 1 fully saturated rings. The second-order valence-electron chi connectivity index (χ2n) is 7.55. The molecule has 2 unspecified atom stereocenters. The van der Waals surface area contributed by atoms with Crippen molar-refractivity contribution in [3.8, 4) is 0 Å². The molecule has 0 saturated carbocycles. The first kappa shape index (κ1) is 20.5. The van der Waals surface area contributed by atoms with Gasteiger partial charge in [0.1, 0.15) is 0 Å². The third-order valence-electron chi connectivity index (χ3n) is 5.61. The van der Waals surface area contributed by atoms with Gasteiger partial charge >= 0.3 is 0 Å². The first-order valence-electron chi connectivity index (χ1n) is 10.5. The monoisotopic (exact) mass is 323 g/mol. The molecule has 0 bridgehead atoms. The summed E-state index contributed by atoms with van der Waals surface area (Å²) < 4.78 is 0. The molecule has 0 radical (unpaired) electrons. The normalized spacial score (nSPS) is 20.0. The van der Waals surface area contributed by atoms with Gasteiger partial charge in [0.25, 0.3) is 0 Å². The van der Waals surface area contributed by atoms with Gasteiger partial charge < -0.3 is 4.90 Å². The average molecular weight is 324 g/mol. The number of unbranched alkanes of at least 4 members (excludes halogenated alkanes) is 5. The van der Waals surface area contributed by atoms with Crippen molar-refractivity contribution in [1.29, 1.82) is 0 Å². The number of nitrogens with zero attached hydrogens (tertiary/aromatic N) is 1. The summed E-state index contributed by atoms with van der Waals surface area (Å²) in [7, 11) is 0. The Bertz CT molecular complexity index is 302. The highest BCUT2D eigenvalue weighted by Crippen LogP contribution is 2.28. The van der Waals surface area contributed by atoms with Crippen LogP contribution in [0.25, 0.3) is 0 Å². The van der Waals surface area contributed by atoms with E-state index in [1.54, 1.807) is 0 Å². The van der Waals surface area contributed by atoms with Gasteiger partial charge in [0.15, 0.2) is 0 Å². The molecular formula is C21H41NO. The van der Waals surface area contributed by atoms with E-state index in [0.717, 1.165) is 31.8 Å². The maximum Gasteiger partial charge on any atom is 0.225 e. The predicted molar refractivity (Wildman–Crippen MR) is 101 cm³/mol. The lowest BCUT2D eigenvalue weighted by Gasteiger charge is -2.32. The molecule has 0 aromatic carbocycles. The van der Waals surface area contributed by atoms with E-state index in [9.17, 15) is 4.79 Å². The Kier molecular flexibility index (Phi) is 11.5. The van der Waals surface area contributed by atoms with Crippen LogP contribution in [0.2, 0.25) is 0 Å². The number of piperidine rings is 1. The van der Waals surface area contributed by atoms with Crippen molar-refractivity contribution < 1.29 is 4.79 Å². The van der Waals surface area contributed by atoms with Crippen LogP contribution in [0, 0.1) is 11.8 Å². The zero-order valence-electron chi connectivity index (χ0n) is 16.1. The van der Waals surface area contributed by atoms with Gasteiger partial charge in [-0.2, -0.15) is 0 Å². The Balaban J connectivity index is 2.25. The van der Waals surface area contributed by atoms with E-state index in [2.05, 4.69) is 25.7 Å². The Hall–Kier alpha value is -0.530. The molecule has 1 amide bonds. The number of amides is 1. The van der Waals surface area contributed by atoms with Crippen LogP contribution in [0.15, 0.2) is 0 Å². The standard InChI is InChI=1S/C21H41NO/c1-4-7-8-9-10-11-14-19(13-5-2)16-17-20-15-12-18-22(6-3)21(20)23/h19-20H,4-18H2,1-3H3. The molecule has 0 aromatic rings. The van der Waals surface area contributed by atoms with E-state index in [4.69, 9.17) is 0 Å². The minimum Gasteiger partial charge on any atom is -0.343 e. The van der Waals surface area contributed by atoms with Crippen LogP contribution in [-0.2, 0) is 4.79 Å². The molecule has 136 valence electrons. The van der Waals surface area contributed by atoms with Crippen molar-refractivity contribution in [3.63, 3.8) is 0 Å². The van der Waals surface area contributed by atoms with Gasteiger partial charge in [-0.1, -0.05) is 71.6 Å². The predicted octanol–water partition coefficient (Wildman–Crippen LogP) is 6.19. The average Bonchev–Trinajstić information content (AvgIpc) is 2.56. The molecule has 0 aliphatic carbocycles. The van der Waals surface area contributed by atoms with E-state index >= 15 is 0 Å². The van der Waals surface area contributed by atoms with Crippen LogP contribution in [0.1, 0.15) is 104 Å². The molecule has 1 aliphatic rings. The number of carbonyl (C=O) groups excluding carboxylic acids is 1. The summed E-state index contributed by atoms with van der Waals surface area (Å²) in [5, 5.41) is 0. The van der Waals surface area contributed by atoms with Gasteiger partial charge in [-0.05, 0) is 38.5 Å². The van der Waals surface area contributed by atoms with Crippen molar-refractivity contribution in [2.45, 2.75) is 104 Å². The topological polar surface area (TPSA) is 20.3 Å². The van der Waals surface area contributed by atoms with Crippen LogP contribution in [0.4, 0.5) is 0 Å². The lowest BCUT2D eigenvalue weighted by molar-refractivity contribution is -0.138. The van der Waals surface area contributed by atoms with Crippen LogP contribution in [-0.4, -0.2) is 23.9 Å². The van der Waals surface area contributed by atoms with Gasteiger partial charge in [0, 0.05) is 19.0 Å². The summed E-state index contributed by atoms with van der Waals surface area (Å²) in [5.41, 5.74) is 0. The molecule has 2 heteroatoms. The summed E-state index contributed by atoms with van der Waals surface area (Å²) >= 11 is 0. The fourth-order valence-electron chi connectivity index (χ4n) is 4.09. The molecule has 1 aliphatic heterocycles. The molecule has 23 heavy (non-hydrogen) atoms. The molecular weight excluding hydrogens is 282 g/mol. The smallest absolute Gasteiger partial charge is 0.225 e. The maximum absolute atomic E-state index is 12.4. The van der Waals surface area contributed by atoms with E-state index in [0.29, 0.717) is 11.8 Å². The van der Waals surface area contributed by atoms with E-state index < -0.39 is 0 Å². The van der Waals surface area contributed by atoms with Crippen molar-refractivity contribution >= 4 is 5.91 Å². The highest BCUT2D eigenvalue weighted by Gasteiger charge is 2.27. The zero-order chi connectivity index (χ0) is 16.9. The third-order valence-corrected chi connectivity index (χ3v) is 5.61. The zero-order valence-corrected chi connectivity index (χ0v) is 16.1. The number of likely N-dealkylation sites (tertiary alicyclic amines) is 1. The highest BCUT2D eigenvalue weighted by molar-refractivity contribution is 5.79. The quantitative estimate of drug-likeness (QED) is 0.370. The van der Waals surface area contributed by atoms with E-state index in [1.807, 2.05) is 0 Å². The lowest BCUT2D eigenvalue weighted by Crippen LogP contribution is -2.41. The SMILES string of the molecule is CCCCCCCCC(CCC)CCC1CCCN(CC)C1=O. The van der Waals surface area contributed by atoms with Crippen LogP contribution < -0.4 is 0 Å². The van der Waals surface area contributed by atoms with Gasteiger partial charge in [0.05, 0.1) is 0 Å². The minimum atomic E-state index is 0.326. The number of carbonyl (C=O) groups is 1. The van der Waals surface area contributed by atoms with Crippen molar-refractivity contribution in [2.75, 3.05) is 13.1 Å². The first-order chi connectivity index (χ1) is 11.2. The van der Waals surface area contributed by atoms with E-state index in [-0.39, 0.29) is 0 Å². The van der Waals surface area contributed by atoms with E-state index in [1.165, 1.54) is 70.6 Å². The Labute approximate surface area is 145 Å². The Morgan fingerprint density at radius 1 is 0.957 bits per heavy atom. The summed E-state index contributed by atoms with van der Waals surface area (Å²) in [6.45, 7) is 8.58. The summed E-state index contributed by atoms with van der Waals surface area (Å²) in [6.07, 6.45) is 17.2. The largest absolute Gasteiger partial charge is 0.343 e. The molecule has 1 heterocycles. The summed E-state index contributed by atoms with van der Waals surface area (Å²) in [4.78, 5) is 14.5. The molecule has 2 nitrogen and oxygen atoms in total. The van der Waals surface area contributed by atoms with Crippen molar-refractivity contribution in [2.24, 2.45) is 11.8 Å². The van der Waals surface area contributed by atoms with Crippen LogP contribution in [0.5, 0.6) is 0 Å². The molecule has 2 atom stereocenters. The fourth-order valence-corrected chi connectivity index (χ4v) is 4.09. The van der Waals surface area contributed by atoms with Crippen molar-refractivity contribution in [3.05, 3.63) is 0 Å². The first-order valence-corrected chi connectivity index (χ1v) is 10.5. The second kappa shape index (κ2) is 12.8. The maximum atomic E-state index is 12.4.